The molecule has 0 aromatic heterocycles. The zero-order chi connectivity index (χ0) is 10.5. The minimum Gasteiger partial charge on any atom is -0.356 e. The second-order valence-electron chi connectivity index (χ2n) is 5.02. The van der Waals surface area contributed by atoms with E-state index in [1.54, 1.807) is 0 Å². The van der Waals surface area contributed by atoms with Crippen LogP contribution in [-0.2, 0) is 4.79 Å². The quantitative estimate of drug-likeness (QED) is 0.776. The summed E-state index contributed by atoms with van der Waals surface area (Å²) >= 11 is 0. The van der Waals surface area contributed by atoms with Crippen LogP contribution in [0.25, 0.3) is 0 Å². The third-order valence-electron chi connectivity index (χ3n) is 3.71. The lowest BCUT2D eigenvalue weighted by Gasteiger charge is -2.27. The van der Waals surface area contributed by atoms with E-state index in [1.165, 1.54) is 25.7 Å². The molecule has 0 radical (unpaired) electrons. The van der Waals surface area contributed by atoms with Crippen LogP contribution in [0.5, 0.6) is 0 Å². The Bertz CT molecular complexity index is 213. The summed E-state index contributed by atoms with van der Waals surface area (Å²) in [4.78, 5) is 11.5. The number of carbonyl (C=O) groups is 1. The summed E-state index contributed by atoms with van der Waals surface area (Å²) in [5.74, 6) is 1.77. The van der Waals surface area contributed by atoms with Gasteiger partial charge in [0.15, 0.2) is 0 Å². The number of hydrogen-bond donors (Lipinski definition) is 2. The van der Waals surface area contributed by atoms with Crippen LogP contribution in [0.3, 0.4) is 0 Å². The SMILES string of the molecule is Cl.O=C(CCC1CCCC1)NCC1CNC1. The van der Waals surface area contributed by atoms with Crippen molar-refractivity contribution in [2.45, 2.75) is 38.5 Å². The first-order chi connectivity index (χ1) is 7.34. The molecule has 0 aromatic rings. The summed E-state index contributed by atoms with van der Waals surface area (Å²) in [5, 5.41) is 6.24. The molecule has 0 bridgehead atoms. The molecular weight excluding hydrogens is 224 g/mol. The van der Waals surface area contributed by atoms with Crippen molar-refractivity contribution in [3.8, 4) is 0 Å². The van der Waals surface area contributed by atoms with Crippen molar-refractivity contribution in [2.75, 3.05) is 19.6 Å². The van der Waals surface area contributed by atoms with Gasteiger partial charge in [0.25, 0.3) is 0 Å². The molecule has 1 heterocycles. The maximum atomic E-state index is 11.5. The van der Waals surface area contributed by atoms with Crippen molar-refractivity contribution in [1.82, 2.24) is 10.6 Å². The molecule has 0 spiro atoms. The highest BCUT2D eigenvalue weighted by atomic mass is 35.5. The molecule has 0 aromatic carbocycles. The minimum absolute atomic E-state index is 0. The molecule has 4 heteroatoms. The fourth-order valence-corrected chi connectivity index (χ4v) is 2.47. The van der Waals surface area contributed by atoms with Crippen molar-refractivity contribution in [3.05, 3.63) is 0 Å². The predicted octanol–water partition coefficient (Wildman–Crippen LogP) is 1.71. The van der Waals surface area contributed by atoms with E-state index >= 15 is 0 Å². The topological polar surface area (TPSA) is 41.1 Å². The van der Waals surface area contributed by atoms with Gasteiger partial charge in [0, 0.05) is 32.0 Å². The Morgan fingerprint density at radius 3 is 2.44 bits per heavy atom. The second-order valence-corrected chi connectivity index (χ2v) is 5.02. The first-order valence-electron chi connectivity index (χ1n) is 6.32. The average Bonchev–Trinajstić information content (AvgIpc) is 2.64. The first-order valence-corrected chi connectivity index (χ1v) is 6.32. The highest BCUT2D eigenvalue weighted by molar-refractivity contribution is 5.85. The summed E-state index contributed by atoms with van der Waals surface area (Å²) < 4.78 is 0. The van der Waals surface area contributed by atoms with Gasteiger partial charge in [-0.2, -0.15) is 0 Å². The van der Waals surface area contributed by atoms with Gasteiger partial charge in [0.05, 0.1) is 0 Å². The van der Waals surface area contributed by atoms with Crippen LogP contribution in [0, 0.1) is 11.8 Å². The van der Waals surface area contributed by atoms with E-state index in [2.05, 4.69) is 10.6 Å². The summed E-state index contributed by atoms with van der Waals surface area (Å²) in [6.45, 7) is 3.02. The summed E-state index contributed by atoms with van der Waals surface area (Å²) in [6, 6.07) is 0. The largest absolute Gasteiger partial charge is 0.356 e. The molecule has 2 rings (SSSR count). The van der Waals surface area contributed by atoms with Crippen molar-refractivity contribution >= 4 is 18.3 Å². The molecule has 1 aliphatic carbocycles. The lowest BCUT2D eigenvalue weighted by Crippen LogP contribution is -2.48. The Balaban J connectivity index is 0.00000128. The number of hydrogen-bond acceptors (Lipinski definition) is 2. The Morgan fingerprint density at radius 1 is 1.19 bits per heavy atom. The zero-order valence-electron chi connectivity index (χ0n) is 9.84. The number of nitrogens with one attached hydrogen (secondary N) is 2. The molecule has 2 N–H and O–H groups in total. The molecule has 3 nitrogen and oxygen atoms in total. The van der Waals surface area contributed by atoms with Crippen LogP contribution in [-0.4, -0.2) is 25.5 Å². The van der Waals surface area contributed by atoms with Gasteiger partial charge >= 0.3 is 0 Å². The van der Waals surface area contributed by atoms with Crippen LogP contribution >= 0.6 is 12.4 Å². The van der Waals surface area contributed by atoms with Gasteiger partial charge in [-0.3, -0.25) is 4.79 Å². The molecule has 2 aliphatic rings. The Hall–Kier alpha value is -0.280. The standard InChI is InChI=1S/C12H22N2O.ClH/c15-12(14-9-11-7-13-8-11)6-5-10-3-1-2-4-10;/h10-11,13H,1-9H2,(H,14,15);1H. The minimum atomic E-state index is 0. The number of halogens is 1. The molecule has 16 heavy (non-hydrogen) atoms. The summed E-state index contributed by atoms with van der Waals surface area (Å²) in [7, 11) is 0. The van der Waals surface area contributed by atoms with E-state index in [-0.39, 0.29) is 18.3 Å². The van der Waals surface area contributed by atoms with Gasteiger partial charge in [-0.15, -0.1) is 12.4 Å². The highest BCUT2D eigenvalue weighted by Gasteiger charge is 2.18. The average molecular weight is 247 g/mol. The molecule has 1 aliphatic heterocycles. The number of rotatable bonds is 5. The van der Waals surface area contributed by atoms with Crippen LogP contribution in [0.1, 0.15) is 38.5 Å². The van der Waals surface area contributed by atoms with Gasteiger partial charge in [0.1, 0.15) is 0 Å². The fraction of sp³-hybridized carbons (Fsp3) is 0.917. The van der Waals surface area contributed by atoms with E-state index in [1.807, 2.05) is 0 Å². The molecule has 0 unspecified atom stereocenters. The second kappa shape index (κ2) is 7.13. The molecule has 94 valence electrons. The molecule has 1 saturated carbocycles. The smallest absolute Gasteiger partial charge is 0.220 e. The molecule has 1 saturated heterocycles. The molecule has 0 atom stereocenters. The molecule has 2 fully saturated rings. The van der Waals surface area contributed by atoms with Gasteiger partial charge in [0.2, 0.25) is 5.91 Å². The monoisotopic (exact) mass is 246 g/mol. The summed E-state index contributed by atoms with van der Waals surface area (Å²) in [6.07, 6.45) is 7.29. The maximum absolute atomic E-state index is 11.5. The lowest BCUT2D eigenvalue weighted by molar-refractivity contribution is -0.121. The van der Waals surface area contributed by atoms with Gasteiger partial charge in [-0.1, -0.05) is 25.7 Å². The molecule has 1 amide bonds. The van der Waals surface area contributed by atoms with Crippen LogP contribution < -0.4 is 10.6 Å². The number of amides is 1. The predicted molar refractivity (Wildman–Crippen MR) is 67.8 cm³/mol. The fourth-order valence-electron chi connectivity index (χ4n) is 2.47. The van der Waals surface area contributed by atoms with Crippen molar-refractivity contribution in [3.63, 3.8) is 0 Å². The van der Waals surface area contributed by atoms with Gasteiger partial charge in [-0.25, -0.2) is 0 Å². The normalized spacial score (nSPS) is 21.2. The van der Waals surface area contributed by atoms with Gasteiger partial charge in [-0.05, 0) is 12.3 Å². The van der Waals surface area contributed by atoms with E-state index in [9.17, 15) is 4.79 Å². The van der Waals surface area contributed by atoms with E-state index in [0.717, 1.165) is 38.4 Å². The van der Waals surface area contributed by atoms with E-state index < -0.39 is 0 Å². The molecular formula is C12H23ClN2O. The zero-order valence-corrected chi connectivity index (χ0v) is 10.7. The maximum Gasteiger partial charge on any atom is 0.220 e. The van der Waals surface area contributed by atoms with Gasteiger partial charge < -0.3 is 10.6 Å². The van der Waals surface area contributed by atoms with Crippen LogP contribution in [0.2, 0.25) is 0 Å². The van der Waals surface area contributed by atoms with Crippen LogP contribution in [0.4, 0.5) is 0 Å². The first kappa shape index (κ1) is 13.8. The third-order valence-corrected chi connectivity index (χ3v) is 3.71. The Labute approximate surface area is 104 Å². The Kier molecular flexibility index (Phi) is 6.14. The van der Waals surface area contributed by atoms with Crippen LogP contribution in [0.15, 0.2) is 0 Å². The third kappa shape index (κ3) is 4.30. The highest BCUT2D eigenvalue weighted by Crippen LogP contribution is 2.28. The van der Waals surface area contributed by atoms with Crippen molar-refractivity contribution < 1.29 is 4.79 Å². The van der Waals surface area contributed by atoms with E-state index in [0.29, 0.717) is 5.92 Å². The van der Waals surface area contributed by atoms with Crippen molar-refractivity contribution in [2.24, 2.45) is 11.8 Å². The van der Waals surface area contributed by atoms with E-state index in [4.69, 9.17) is 0 Å². The lowest BCUT2D eigenvalue weighted by atomic mass is 10.0. The Morgan fingerprint density at radius 2 is 1.88 bits per heavy atom. The number of carbonyl (C=O) groups excluding carboxylic acids is 1. The summed E-state index contributed by atoms with van der Waals surface area (Å²) in [5.41, 5.74) is 0. The van der Waals surface area contributed by atoms with Crippen molar-refractivity contribution in [1.29, 1.82) is 0 Å².